The van der Waals surface area contributed by atoms with Crippen LogP contribution >= 0.6 is 0 Å². The van der Waals surface area contributed by atoms with E-state index in [4.69, 9.17) is 5.11 Å². The van der Waals surface area contributed by atoms with Gasteiger partial charge in [0.2, 0.25) is 0 Å². The minimum Gasteiger partial charge on any atom is -0.480 e. The second kappa shape index (κ2) is 4.79. The van der Waals surface area contributed by atoms with Gasteiger partial charge in [-0.2, -0.15) is 0 Å². The Balaban J connectivity index is 3.23. The number of likely N-dealkylation sites (N-methyl/N-ethyl adjacent to an activating group) is 1. The lowest BCUT2D eigenvalue weighted by atomic mass is 9.77. The van der Waals surface area contributed by atoms with E-state index in [2.05, 4.69) is 5.32 Å². The third-order valence-electron chi connectivity index (χ3n) is 2.86. The topological polar surface area (TPSA) is 49.3 Å². The maximum atomic E-state index is 13.1. The van der Waals surface area contributed by atoms with Crippen molar-refractivity contribution in [2.75, 3.05) is 7.05 Å². The summed E-state index contributed by atoms with van der Waals surface area (Å²) in [5.41, 5.74) is -0.625. The minimum absolute atomic E-state index is 0.303. The number of halogens is 2. The molecule has 0 amide bonds. The van der Waals surface area contributed by atoms with Crippen LogP contribution in [0, 0.1) is 11.6 Å². The van der Waals surface area contributed by atoms with Gasteiger partial charge in [0.05, 0.1) is 0 Å². The Morgan fingerprint density at radius 2 is 1.76 bits per heavy atom. The molecule has 3 nitrogen and oxygen atoms in total. The number of aliphatic carboxylic acids is 1. The Morgan fingerprint density at radius 1 is 1.29 bits per heavy atom. The molecule has 0 aliphatic carbocycles. The zero-order chi connectivity index (χ0) is 13.2. The highest BCUT2D eigenvalue weighted by atomic mass is 19.1. The van der Waals surface area contributed by atoms with Crippen molar-refractivity contribution in [3.63, 3.8) is 0 Å². The van der Waals surface area contributed by atoms with Gasteiger partial charge >= 0.3 is 5.97 Å². The van der Waals surface area contributed by atoms with Gasteiger partial charge in [-0.15, -0.1) is 0 Å². The van der Waals surface area contributed by atoms with Gasteiger partial charge in [-0.25, -0.2) is 8.78 Å². The Morgan fingerprint density at radius 3 is 2.12 bits per heavy atom. The maximum absolute atomic E-state index is 13.1. The van der Waals surface area contributed by atoms with Crippen LogP contribution in [0.3, 0.4) is 0 Å². The molecular weight excluding hydrogens is 228 g/mol. The molecule has 1 atom stereocenters. The molecule has 1 aromatic carbocycles. The SMILES string of the molecule is CNC(C(=O)O)C(C)(C)c1cc(F)cc(F)c1. The molecule has 1 aromatic rings. The van der Waals surface area contributed by atoms with Crippen molar-refractivity contribution >= 4 is 5.97 Å². The van der Waals surface area contributed by atoms with Crippen LogP contribution in [0.15, 0.2) is 18.2 Å². The third kappa shape index (κ3) is 2.79. The second-order valence-electron chi connectivity index (χ2n) is 4.44. The molecule has 0 spiro atoms. The Hall–Kier alpha value is -1.49. The number of nitrogens with one attached hydrogen (secondary N) is 1. The molecule has 1 rings (SSSR count). The number of carboxylic acids is 1. The lowest BCUT2D eigenvalue weighted by Crippen LogP contribution is -2.48. The van der Waals surface area contributed by atoms with Crippen molar-refractivity contribution < 1.29 is 18.7 Å². The molecule has 0 heterocycles. The lowest BCUT2D eigenvalue weighted by molar-refractivity contribution is -0.141. The van der Waals surface area contributed by atoms with Crippen LogP contribution in [0.2, 0.25) is 0 Å². The average molecular weight is 243 g/mol. The first-order chi connectivity index (χ1) is 7.78. The van der Waals surface area contributed by atoms with Gasteiger partial charge in [-0.3, -0.25) is 4.79 Å². The fourth-order valence-corrected chi connectivity index (χ4v) is 1.89. The summed E-state index contributed by atoms with van der Waals surface area (Å²) in [6.07, 6.45) is 0. The Bertz CT molecular complexity index is 412. The molecule has 0 saturated carbocycles. The Kier molecular flexibility index (Phi) is 3.83. The van der Waals surface area contributed by atoms with E-state index < -0.39 is 29.1 Å². The third-order valence-corrected chi connectivity index (χ3v) is 2.86. The van der Waals surface area contributed by atoms with Crippen LogP contribution in [0.5, 0.6) is 0 Å². The first-order valence-electron chi connectivity index (χ1n) is 5.15. The monoisotopic (exact) mass is 243 g/mol. The van der Waals surface area contributed by atoms with E-state index in [0.717, 1.165) is 18.2 Å². The molecule has 2 N–H and O–H groups in total. The van der Waals surface area contributed by atoms with E-state index in [9.17, 15) is 13.6 Å². The summed E-state index contributed by atoms with van der Waals surface area (Å²) in [6, 6.07) is 2.13. The first-order valence-corrected chi connectivity index (χ1v) is 5.15. The molecular formula is C12H15F2NO2. The first kappa shape index (κ1) is 13.6. The second-order valence-corrected chi connectivity index (χ2v) is 4.44. The summed E-state index contributed by atoms with van der Waals surface area (Å²) < 4.78 is 26.2. The predicted octanol–water partition coefficient (Wildman–Crippen LogP) is 1.92. The molecule has 0 aliphatic heterocycles. The van der Waals surface area contributed by atoms with Crippen molar-refractivity contribution in [2.45, 2.75) is 25.3 Å². The molecule has 0 saturated heterocycles. The molecule has 17 heavy (non-hydrogen) atoms. The fraction of sp³-hybridized carbons (Fsp3) is 0.417. The van der Waals surface area contributed by atoms with Crippen LogP contribution < -0.4 is 5.32 Å². The number of rotatable bonds is 4. The van der Waals surface area contributed by atoms with Crippen molar-refractivity contribution in [1.82, 2.24) is 5.32 Å². The summed E-state index contributed by atoms with van der Waals surface area (Å²) >= 11 is 0. The normalized spacial score (nSPS) is 13.5. The number of hydrogen-bond acceptors (Lipinski definition) is 2. The number of hydrogen-bond donors (Lipinski definition) is 2. The number of carbonyl (C=O) groups is 1. The molecule has 0 aromatic heterocycles. The standard InChI is InChI=1S/C12H15F2NO2/c1-12(2,10(15-3)11(16)17)7-4-8(13)6-9(14)5-7/h4-6,10,15H,1-3H3,(H,16,17). The minimum atomic E-state index is -1.07. The van der Waals surface area contributed by atoms with Crippen LogP contribution in [-0.2, 0) is 10.2 Å². The number of benzene rings is 1. The van der Waals surface area contributed by atoms with Gasteiger partial charge in [0.15, 0.2) is 0 Å². The van der Waals surface area contributed by atoms with Crippen molar-refractivity contribution in [3.8, 4) is 0 Å². The van der Waals surface area contributed by atoms with E-state index in [-0.39, 0.29) is 0 Å². The van der Waals surface area contributed by atoms with Crippen LogP contribution in [0.4, 0.5) is 8.78 Å². The highest BCUT2D eigenvalue weighted by molar-refractivity contribution is 5.76. The lowest BCUT2D eigenvalue weighted by Gasteiger charge is -2.31. The van der Waals surface area contributed by atoms with Gasteiger partial charge in [-0.05, 0) is 24.7 Å². The van der Waals surface area contributed by atoms with Crippen molar-refractivity contribution in [3.05, 3.63) is 35.4 Å². The van der Waals surface area contributed by atoms with E-state index in [1.54, 1.807) is 13.8 Å². The zero-order valence-corrected chi connectivity index (χ0v) is 9.92. The summed E-state index contributed by atoms with van der Waals surface area (Å²) in [6.45, 7) is 3.24. The molecule has 0 radical (unpaired) electrons. The molecule has 0 aliphatic rings. The van der Waals surface area contributed by atoms with Crippen molar-refractivity contribution in [2.24, 2.45) is 0 Å². The zero-order valence-electron chi connectivity index (χ0n) is 9.92. The molecule has 0 fully saturated rings. The molecule has 94 valence electrons. The van der Waals surface area contributed by atoms with Gasteiger partial charge in [-0.1, -0.05) is 13.8 Å². The summed E-state index contributed by atoms with van der Waals surface area (Å²) in [7, 11) is 1.50. The summed E-state index contributed by atoms with van der Waals surface area (Å²) in [4.78, 5) is 11.1. The highest BCUT2D eigenvalue weighted by Crippen LogP contribution is 2.28. The van der Waals surface area contributed by atoms with Crippen LogP contribution in [0.25, 0.3) is 0 Å². The van der Waals surface area contributed by atoms with Crippen molar-refractivity contribution in [1.29, 1.82) is 0 Å². The van der Waals surface area contributed by atoms with Gasteiger partial charge in [0, 0.05) is 11.5 Å². The van der Waals surface area contributed by atoms with Gasteiger partial charge < -0.3 is 10.4 Å². The number of carboxylic acid groups (broad SMARTS) is 1. The highest BCUT2D eigenvalue weighted by Gasteiger charge is 2.36. The van der Waals surface area contributed by atoms with Gasteiger partial charge in [0.1, 0.15) is 17.7 Å². The molecule has 0 bridgehead atoms. The quantitative estimate of drug-likeness (QED) is 0.849. The van der Waals surface area contributed by atoms with E-state index >= 15 is 0 Å². The predicted molar refractivity (Wildman–Crippen MR) is 59.9 cm³/mol. The maximum Gasteiger partial charge on any atom is 0.321 e. The van der Waals surface area contributed by atoms with E-state index in [1.807, 2.05) is 0 Å². The average Bonchev–Trinajstić information content (AvgIpc) is 2.15. The molecule has 5 heteroatoms. The molecule has 1 unspecified atom stereocenters. The smallest absolute Gasteiger partial charge is 0.321 e. The van der Waals surface area contributed by atoms with E-state index in [0.29, 0.717) is 5.56 Å². The summed E-state index contributed by atoms with van der Waals surface area (Å²) in [5.74, 6) is -2.50. The van der Waals surface area contributed by atoms with Crippen LogP contribution in [0.1, 0.15) is 19.4 Å². The Labute approximate surface area is 98.5 Å². The van der Waals surface area contributed by atoms with E-state index in [1.165, 1.54) is 7.05 Å². The fourth-order valence-electron chi connectivity index (χ4n) is 1.89. The largest absolute Gasteiger partial charge is 0.480 e. The van der Waals surface area contributed by atoms with Crippen LogP contribution in [-0.4, -0.2) is 24.2 Å². The van der Waals surface area contributed by atoms with Gasteiger partial charge in [0.25, 0.3) is 0 Å². The summed E-state index contributed by atoms with van der Waals surface area (Å²) in [5, 5.41) is 11.7.